The number of hydrogen-bond donors (Lipinski definition) is 0. The molecule has 52 valence electrons. The molecular formula is C10H12. The summed E-state index contributed by atoms with van der Waals surface area (Å²) < 4.78 is 0. The summed E-state index contributed by atoms with van der Waals surface area (Å²) in [7, 11) is 0. The van der Waals surface area contributed by atoms with Crippen molar-refractivity contribution in [3.8, 4) is 11.8 Å². The molecule has 1 aliphatic carbocycles. The van der Waals surface area contributed by atoms with E-state index in [-0.39, 0.29) is 0 Å². The first-order chi connectivity index (χ1) is 4.89. The number of allylic oxidation sites excluding steroid dienone is 4. The third-order valence-electron chi connectivity index (χ3n) is 1.50. The molecule has 0 heteroatoms. The summed E-state index contributed by atoms with van der Waals surface area (Å²) in [6.07, 6.45) is 9.45. The highest BCUT2D eigenvalue weighted by Crippen LogP contribution is 2.03. The second kappa shape index (κ2) is 3.95. The monoisotopic (exact) mass is 132 g/mol. The summed E-state index contributed by atoms with van der Waals surface area (Å²) in [5, 5.41) is 0. The third-order valence-corrected chi connectivity index (χ3v) is 1.50. The molecule has 0 saturated carbocycles. The molecule has 0 aromatic heterocycles. The lowest BCUT2D eigenvalue weighted by Crippen LogP contribution is -1.70. The number of hydrogen-bond acceptors (Lipinski definition) is 0. The molecule has 0 atom stereocenters. The van der Waals surface area contributed by atoms with E-state index in [4.69, 9.17) is 0 Å². The van der Waals surface area contributed by atoms with Gasteiger partial charge < -0.3 is 0 Å². The smallest absolute Gasteiger partial charge is 0.0272 e. The van der Waals surface area contributed by atoms with Gasteiger partial charge in [-0.3, -0.25) is 0 Å². The van der Waals surface area contributed by atoms with Crippen molar-refractivity contribution in [1.29, 1.82) is 0 Å². The maximum Gasteiger partial charge on any atom is 0.0272 e. The summed E-state index contributed by atoms with van der Waals surface area (Å²) in [5.74, 6) is 6.15. The molecule has 0 aromatic carbocycles. The van der Waals surface area contributed by atoms with Crippen LogP contribution >= 0.6 is 0 Å². The van der Waals surface area contributed by atoms with Crippen molar-refractivity contribution in [1.82, 2.24) is 0 Å². The van der Waals surface area contributed by atoms with Crippen LogP contribution in [0.1, 0.15) is 26.2 Å². The quantitative estimate of drug-likeness (QED) is 0.351. The molecule has 0 aromatic rings. The Labute approximate surface area is 62.6 Å². The maximum absolute atomic E-state index is 3.08. The van der Waals surface area contributed by atoms with Crippen molar-refractivity contribution in [2.24, 2.45) is 0 Å². The highest BCUT2D eigenvalue weighted by Gasteiger charge is 1.84. The minimum absolute atomic E-state index is 0.918. The SMILES string of the molecule is CC1=CCC#CCC=CC1. The third kappa shape index (κ3) is 2.55. The summed E-state index contributed by atoms with van der Waals surface area (Å²) in [4.78, 5) is 0. The van der Waals surface area contributed by atoms with Gasteiger partial charge in [-0.1, -0.05) is 35.6 Å². The van der Waals surface area contributed by atoms with Crippen LogP contribution in [0.25, 0.3) is 0 Å². The van der Waals surface area contributed by atoms with Crippen LogP contribution in [-0.4, -0.2) is 0 Å². The van der Waals surface area contributed by atoms with Gasteiger partial charge in [0.1, 0.15) is 0 Å². The molecule has 0 aliphatic heterocycles. The van der Waals surface area contributed by atoms with Gasteiger partial charge in [0, 0.05) is 12.8 Å². The molecule has 0 unspecified atom stereocenters. The zero-order valence-electron chi connectivity index (χ0n) is 6.35. The molecule has 0 heterocycles. The molecular weight excluding hydrogens is 120 g/mol. The van der Waals surface area contributed by atoms with Gasteiger partial charge in [0.15, 0.2) is 0 Å². The van der Waals surface area contributed by atoms with Crippen LogP contribution < -0.4 is 0 Å². The van der Waals surface area contributed by atoms with Crippen LogP contribution in [-0.2, 0) is 0 Å². The van der Waals surface area contributed by atoms with Gasteiger partial charge in [-0.15, -0.1) is 0 Å². The van der Waals surface area contributed by atoms with Crippen molar-refractivity contribution in [3.63, 3.8) is 0 Å². The first-order valence-electron chi connectivity index (χ1n) is 3.66. The van der Waals surface area contributed by atoms with E-state index in [1.54, 1.807) is 0 Å². The van der Waals surface area contributed by atoms with Crippen molar-refractivity contribution < 1.29 is 0 Å². The lowest BCUT2D eigenvalue weighted by molar-refractivity contribution is 1.17. The fourth-order valence-electron chi connectivity index (χ4n) is 0.864. The topological polar surface area (TPSA) is 0 Å². The van der Waals surface area contributed by atoms with Crippen LogP contribution in [0.5, 0.6) is 0 Å². The Balaban J connectivity index is 2.60. The Morgan fingerprint density at radius 2 is 2.00 bits per heavy atom. The summed E-state index contributed by atoms with van der Waals surface area (Å²) in [6.45, 7) is 2.15. The van der Waals surface area contributed by atoms with Crippen molar-refractivity contribution in [2.45, 2.75) is 26.2 Å². The average Bonchev–Trinajstić information content (AvgIpc) is 2.02. The number of rotatable bonds is 0. The van der Waals surface area contributed by atoms with Crippen LogP contribution in [0.15, 0.2) is 23.8 Å². The normalized spacial score (nSPS) is 17.5. The first kappa shape index (κ1) is 7.15. The molecule has 0 fully saturated rings. The Bertz CT molecular complexity index is 208. The molecule has 0 radical (unpaired) electrons. The molecule has 0 N–H and O–H groups in total. The van der Waals surface area contributed by atoms with E-state index in [1.165, 1.54) is 5.57 Å². The lowest BCUT2D eigenvalue weighted by Gasteiger charge is -1.90. The lowest BCUT2D eigenvalue weighted by atomic mass is 10.2. The van der Waals surface area contributed by atoms with Crippen LogP contribution in [0.4, 0.5) is 0 Å². The van der Waals surface area contributed by atoms with Gasteiger partial charge in [0.05, 0.1) is 0 Å². The first-order valence-corrected chi connectivity index (χ1v) is 3.66. The molecule has 10 heavy (non-hydrogen) atoms. The van der Waals surface area contributed by atoms with Gasteiger partial charge >= 0.3 is 0 Å². The molecule has 0 saturated heterocycles. The molecule has 0 amide bonds. The summed E-state index contributed by atoms with van der Waals surface area (Å²) in [5.41, 5.74) is 1.42. The predicted octanol–water partition coefficient (Wildman–Crippen LogP) is 2.68. The summed E-state index contributed by atoms with van der Waals surface area (Å²) >= 11 is 0. The van der Waals surface area contributed by atoms with E-state index in [0.717, 1.165) is 19.3 Å². The van der Waals surface area contributed by atoms with Crippen molar-refractivity contribution >= 4 is 0 Å². The zero-order valence-corrected chi connectivity index (χ0v) is 6.35. The second-order valence-electron chi connectivity index (χ2n) is 2.49. The standard InChI is InChI=1S/C10H12/c1-10-8-6-4-2-3-5-7-9-10/h4,6,9H,2,7-8H2,1H3. The average molecular weight is 132 g/mol. The Kier molecular flexibility index (Phi) is 2.83. The predicted molar refractivity (Wildman–Crippen MR) is 44.5 cm³/mol. The summed E-state index contributed by atoms with van der Waals surface area (Å²) in [6, 6.07) is 0. The van der Waals surface area contributed by atoms with E-state index >= 15 is 0 Å². The molecule has 1 aliphatic rings. The van der Waals surface area contributed by atoms with E-state index in [9.17, 15) is 0 Å². The molecule has 0 nitrogen and oxygen atoms in total. The highest BCUT2D eigenvalue weighted by molar-refractivity contribution is 5.15. The molecule has 0 bridgehead atoms. The van der Waals surface area contributed by atoms with Crippen LogP contribution in [0.3, 0.4) is 0 Å². The van der Waals surface area contributed by atoms with Gasteiger partial charge in [0.25, 0.3) is 0 Å². The Morgan fingerprint density at radius 3 is 2.90 bits per heavy atom. The minimum Gasteiger partial charge on any atom is -0.0988 e. The van der Waals surface area contributed by atoms with E-state index in [2.05, 4.69) is 37.0 Å². The molecule has 1 rings (SSSR count). The van der Waals surface area contributed by atoms with Gasteiger partial charge in [-0.2, -0.15) is 0 Å². The Morgan fingerprint density at radius 1 is 1.20 bits per heavy atom. The van der Waals surface area contributed by atoms with E-state index in [1.807, 2.05) is 0 Å². The van der Waals surface area contributed by atoms with Gasteiger partial charge in [0.2, 0.25) is 0 Å². The van der Waals surface area contributed by atoms with Gasteiger partial charge in [-0.25, -0.2) is 0 Å². The molecule has 0 spiro atoms. The maximum atomic E-state index is 3.08. The van der Waals surface area contributed by atoms with Crippen LogP contribution in [0.2, 0.25) is 0 Å². The minimum atomic E-state index is 0.918. The van der Waals surface area contributed by atoms with Crippen LogP contribution in [0, 0.1) is 11.8 Å². The van der Waals surface area contributed by atoms with E-state index < -0.39 is 0 Å². The Hall–Kier alpha value is -0.960. The zero-order chi connectivity index (χ0) is 7.23. The largest absolute Gasteiger partial charge is 0.0988 e. The highest BCUT2D eigenvalue weighted by atomic mass is 13.9. The van der Waals surface area contributed by atoms with Gasteiger partial charge in [-0.05, 0) is 13.3 Å². The van der Waals surface area contributed by atoms with Crippen molar-refractivity contribution in [2.75, 3.05) is 0 Å². The van der Waals surface area contributed by atoms with Crippen molar-refractivity contribution in [3.05, 3.63) is 23.8 Å². The fraction of sp³-hybridized carbons (Fsp3) is 0.400. The van der Waals surface area contributed by atoms with E-state index in [0.29, 0.717) is 0 Å². The second-order valence-corrected chi connectivity index (χ2v) is 2.49. The fourth-order valence-corrected chi connectivity index (χ4v) is 0.864.